The Morgan fingerprint density at radius 1 is 0.952 bits per heavy atom. The van der Waals surface area contributed by atoms with E-state index in [1.165, 1.54) is 6.92 Å². The molecule has 0 aromatic heterocycles. The lowest BCUT2D eigenvalue weighted by Gasteiger charge is -2.36. The van der Waals surface area contributed by atoms with Crippen molar-refractivity contribution in [3.63, 3.8) is 0 Å². The zero-order chi connectivity index (χ0) is 15.4. The summed E-state index contributed by atoms with van der Waals surface area (Å²) in [5.74, 6) is -1.84. The van der Waals surface area contributed by atoms with Crippen molar-refractivity contribution in [1.82, 2.24) is 0 Å². The molecule has 0 aromatic rings. The lowest BCUT2D eigenvalue weighted by atomic mass is 9.99. The van der Waals surface area contributed by atoms with Gasteiger partial charge in [-0.25, -0.2) is 0 Å². The molecule has 0 aromatic carbocycles. The molecule has 3 rings (SSSR count). The lowest BCUT2D eigenvalue weighted by Crippen LogP contribution is -2.56. The van der Waals surface area contributed by atoms with Gasteiger partial charge in [-0.05, 0) is 27.7 Å². The number of rotatable bonds is 2. The van der Waals surface area contributed by atoms with Crippen LogP contribution in [0.5, 0.6) is 0 Å². The third-order valence-electron chi connectivity index (χ3n) is 3.70. The molecule has 0 aliphatic carbocycles. The van der Waals surface area contributed by atoms with Crippen molar-refractivity contribution in [3.05, 3.63) is 0 Å². The first-order valence-corrected chi connectivity index (χ1v) is 7.17. The average Bonchev–Trinajstić information content (AvgIpc) is 2.80. The van der Waals surface area contributed by atoms with Crippen LogP contribution in [0.2, 0.25) is 0 Å². The first-order valence-electron chi connectivity index (χ1n) is 7.17. The minimum absolute atomic E-state index is 0.100. The van der Waals surface area contributed by atoms with Gasteiger partial charge < -0.3 is 28.4 Å². The Balaban J connectivity index is 1.80. The molecule has 3 aliphatic rings. The lowest BCUT2D eigenvalue weighted by molar-refractivity contribution is -0.242. The van der Waals surface area contributed by atoms with E-state index < -0.39 is 24.0 Å². The number of fused-ring (bicyclic) bond motifs is 3. The molecule has 0 radical (unpaired) electrons. The van der Waals surface area contributed by atoms with Gasteiger partial charge >= 0.3 is 5.97 Å². The van der Waals surface area contributed by atoms with Crippen LogP contribution in [0, 0.1) is 0 Å². The van der Waals surface area contributed by atoms with E-state index in [1.807, 2.05) is 27.7 Å². The molecular weight excluding hydrogens is 280 g/mol. The molecule has 2 unspecified atom stereocenters. The number of hydrogen-bond acceptors (Lipinski definition) is 7. The Bertz CT molecular complexity index is 433. The molecule has 0 saturated carbocycles. The fourth-order valence-electron chi connectivity index (χ4n) is 3.03. The smallest absolute Gasteiger partial charge is 0.302 e. The van der Waals surface area contributed by atoms with Gasteiger partial charge in [0.1, 0.15) is 31.0 Å². The summed E-state index contributed by atoms with van der Waals surface area (Å²) < 4.78 is 34.4. The van der Waals surface area contributed by atoms with Gasteiger partial charge in [0.15, 0.2) is 17.9 Å². The molecule has 0 bridgehead atoms. The van der Waals surface area contributed by atoms with Crippen molar-refractivity contribution in [1.29, 1.82) is 0 Å². The Hall–Kier alpha value is -0.730. The highest BCUT2D eigenvalue weighted by Gasteiger charge is 2.60. The van der Waals surface area contributed by atoms with E-state index in [1.54, 1.807) is 0 Å². The number of carbonyl (C=O) groups is 1. The van der Waals surface area contributed by atoms with E-state index in [2.05, 4.69) is 0 Å². The van der Waals surface area contributed by atoms with Gasteiger partial charge in [0.2, 0.25) is 0 Å². The largest absolute Gasteiger partial charge is 0.463 e. The zero-order valence-electron chi connectivity index (χ0n) is 13.0. The SMILES string of the molecule is CC(=O)OC[C@H]1OC2OC(C)(C)OC2[C@H]2OC(C)(C)O[C@H]21. The number of hydrogen-bond donors (Lipinski definition) is 0. The van der Waals surface area contributed by atoms with Crippen LogP contribution in [0.1, 0.15) is 34.6 Å². The predicted octanol–water partition coefficient (Wildman–Crippen LogP) is 0.946. The van der Waals surface area contributed by atoms with Gasteiger partial charge in [-0.2, -0.15) is 0 Å². The average molecular weight is 302 g/mol. The molecule has 3 saturated heterocycles. The maximum Gasteiger partial charge on any atom is 0.302 e. The van der Waals surface area contributed by atoms with Gasteiger partial charge in [0.25, 0.3) is 0 Å². The molecule has 0 N–H and O–H groups in total. The van der Waals surface area contributed by atoms with Crippen LogP contribution in [0.25, 0.3) is 0 Å². The van der Waals surface area contributed by atoms with Crippen molar-refractivity contribution in [3.8, 4) is 0 Å². The topological polar surface area (TPSA) is 72.5 Å². The highest BCUT2D eigenvalue weighted by Crippen LogP contribution is 2.44. The van der Waals surface area contributed by atoms with Crippen LogP contribution < -0.4 is 0 Å². The van der Waals surface area contributed by atoms with E-state index in [4.69, 9.17) is 28.4 Å². The second-order valence-corrected chi connectivity index (χ2v) is 6.51. The van der Waals surface area contributed by atoms with E-state index in [9.17, 15) is 4.79 Å². The van der Waals surface area contributed by atoms with Gasteiger partial charge in [-0.3, -0.25) is 4.79 Å². The van der Waals surface area contributed by atoms with Crippen LogP contribution in [-0.2, 0) is 33.2 Å². The molecule has 5 atom stereocenters. The highest BCUT2D eigenvalue weighted by atomic mass is 16.9. The summed E-state index contributed by atoms with van der Waals surface area (Å²) >= 11 is 0. The summed E-state index contributed by atoms with van der Waals surface area (Å²) in [4.78, 5) is 11.0. The van der Waals surface area contributed by atoms with Crippen molar-refractivity contribution < 1.29 is 33.2 Å². The highest BCUT2D eigenvalue weighted by molar-refractivity contribution is 5.65. The van der Waals surface area contributed by atoms with Gasteiger partial charge in [0, 0.05) is 6.92 Å². The van der Waals surface area contributed by atoms with E-state index in [-0.39, 0.29) is 30.9 Å². The molecule has 7 heteroatoms. The molecular formula is C14H22O7. The summed E-state index contributed by atoms with van der Waals surface area (Å²) in [6.07, 6.45) is -2.04. The second-order valence-electron chi connectivity index (χ2n) is 6.51. The van der Waals surface area contributed by atoms with Crippen molar-refractivity contribution in [2.75, 3.05) is 6.61 Å². The van der Waals surface area contributed by atoms with Crippen molar-refractivity contribution >= 4 is 5.97 Å². The van der Waals surface area contributed by atoms with Gasteiger partial charge in [-0.15, -0.1) is 0 Å². The minimum atomic E-state index is -0.744. The first kappa shape index (κ1) is 15.2. The summed E-state index contributed by atoms with van der Waals surface area (Å²) in [5.41, 5.74) is 0. The number of esters is 1. The molecule has 21 heavy (non-hydrogen) atoms. The molecule has 120 valence electrons. The van der Waals surface area contributed by atoms with Crippen LogP contribution in [0.4, 0.5) is 0 Å². The van der Waals surface area contributed by atoms with E-state index in [0.29, 0.717) is 0 Å². The normalized spacial score (nSPS) is 43.2. The van der Waals surface area contributed by atoms with E-state index >= 15 is 0 Å². The third kappa shape index (κ3) is 2.93. The van der Waals surface area contributed by atoms with Gasteiger partial charge in [-0.1, -0.05) is 0 Å². The standard InChI is InChI=1S/C14H22O7/c1-7(15)16-6-8-9-10(19-13(2,3)18-9)11-12(17-8)21-14(4,5)20-11/h8-12H,6H2,1-5H3/t8-,9+,10+,11?,12?/m1/s1. The summed E-state index contributed by atoms with van der Waals surface area (Å²) in [6.45, 7) is 8.78. The Labute approximate surface area is 123 Å². The predicted molar refractivity (Wildman–Crippen MR) is 69.2 cm³/mol. The quantitative estimate of drug-likeness (QED) is 0.703. The summed E-state index contributed by atoms with van der Waals surface area (Å²) in [7, 11) is 0. The van der Waals surface area contributed by atoms with Crippen molar-refractivity contribution in [2.45, 2.75) is 76.9 Å². The maximum absolute atomic E-state index is 11.0. The van der Waals surface area contributed by atoms with Crippen LogP contribution >= 0.6 is 0 Å². The zero-order valence-corrected chi connectivity index (χ0v) is 13.0. The van der Waals surface area contributed by atoms with E-state index in [0.717, 1.165) is 0 Å². The maximum atomic E-state index is 11.0. The molecule has 3 fully saturated rings. The molecule has 7 nitrogen and oxygen atoms in total. The van der Waals surface area contributed by atoms with Gasteiger partial charge in [0.05, 0.1) is 0 Å². The molecule has 0 spiro atoms. The minimum Gasteiger partial charge on any atom is -0.463 e. The molecule has 0 amide bonds. The van der Waals surface area contributed by atoms with Crippen LogP contribution in [-0.4, -0.2) is 54.9 Å². The second kappa shape index (κ2) is 4.89. The number of carbonyl (C=O) groups excluding carboxylic acids is 1. The summed E-state index contributed by atoms with van der Waals surface area (Å²) in [6, 6.07) is 0. The Morgan fingerprint density at radius 3 is 2.19 bits per heavy atom. The molecule has 3 heterocycles. The fraction of sp³-hybridized carbons (Fsp3) is 0.929. The Morgan fingerprint density at radius 2 is 1.52 bits per heavy atom. The summed E-state index contributed by atoms with van der Waals surface area (Å²) in [5, 5.41) is 0. The third-order valence-corrected chi connectivity index (χ3v) is 3.70. The molecule has 3 aliphatic heterocycles. The van der Waals surface area contributed by atoms with Crippen molar-refractivity contribution in [2.24, 2.45) is 0 Å². The van der Waals surface area contributed by atoms with Crippen LogP contribution in [0.15, 0.2) is 0 Å². The fourth-order valence-corrected chi connectivity index (χ4v) is 3.03. The van der Waals surface area contributed by atoms with Crippen LogP contribution in [0.3, 0.4) is 0 Å². The monoisotopic (exact) mass is 302 g/mol. The first-order chi connectivity index (χ1) is 9.67. The Kier molecular flexibility index (Phi) is 3.53. The number of ether oxygens (including phenoxy) is 6.